The second kappa shape index (κ2) is 8.05. The fraction of sp³-hybridized carbons (Fsp3) is 0.833. The van der Waals surface area contributed by atoms with Crippen LogP contribution in [0.2, 0.25) is 0 Å². The number of ether oxygens (including phenoxy) is 2. The molecule has 0 aliphatic carbocycles. The first-order valence-corrected chi connectivity index (χ1v) is 6.34. The first-order chi connectivity index (χ1) is 8.70. The molecule has 1 rings (SSSR count). The molecule has 18 heavy (non-hydrogen) atoms. The molecule has 104 valence electrons. The van der Waals surface area contributed by atoms with E-state index in [-0.39, 0.29) is 17.9 Å². The van der Waals surface area contributed by atoms with Gasteiger partial charge in [0.25, 0.3) is 0 Å². The predicted molar refractivity (Wildman–Crippen MR) is 66.1 cm³/mol. The van der Waals surface area contributed by atoms with Gasteiger partial charge in [-0.25, -0.2) is 0 Å². The molecule has 1 unspecified atom stereocenters. The van der Waals surface area contributed by atoms with Gasteiger partial charge in [-0.2, -0.15) is 0 Å². The van der Waals surface area contributed by atoms with Crippen molar-refractivity contribution in [1.29, 1.82) is 0 Å². The van der Waals surface area contributed by atoms with E-state index in [2.05, 4.69) is 5.32 Å². The minimum absolute atomic E-state index is 0.0193. The summed E-state index contributed by atoms with van der Waals surface area (Å²) in [6.07, 6.45) is 0.954. The quantitative estimate of drug-likeness (QED) is 0.641. The van der Waals surface area contributed by atoms with Crippen LogP contribution in [0.4, 0.5) is 0 Å². The molecule has 1 saturated heterocycles. The summed E-state index contributed by atoms with van der Waals surface area (Å²) >= 11 is 0. The Morgan fingerprint density at radius 3 is 2.89 bits per heavy atom. The molecule has 1 aliphatic rings. The molecule has 0 aromatic heterocycles. The summed E-state index contributed by atoms with van der Waals surface area (Å²) in [4.78, 5) is 25.2. The molecule has 2 amide bonds. The largest absolute Gasteiger partial charge is 0.382 e. The first kappa shape index (κ1) is 14.9. The molecule has 1 atom stereocenters. The number of piperazine rings is 1. The Labute approximate surface area is 108 Å². The SMILES string of the molecule is CCC1C(=O)NCCN1C(=O)CCOCCOC. The minimum atomic E-state index is -0.328. The molecule has 0 aromatic carbocycles. The summed E-state index contributed by atoms with van der Waals surface area (Å²) in [5.41, 5.74) is 0. The van der Waals surface area contributed by atoms with Gasteiger partial charge in [0.2, 0.25) is 11.8 Å². The number of rotatable bonds is 7. The monoisotopic (exact) mass is 258 g/mol. The molecule has 1 fully saturated rings. The van der Waals surface area contributed by atoms with Crippen molar-refractivity contribution in [2.45, 2.75) is 25.8 Å². The normalized spacial score (nSPS) is 19.8. The Morgan fingerprint density at radius 1 is 1.44 bits per heavy atom. The molecule has 0 spiro atoms. The molecule has 0 radical (unpaired) electrons. The van der Waals surface area contributed by atoms with E-state index in [0.717, 1.165) is 0 Å². The number of nitrogens with one attached hydrogen (secondary N) is 1. The zero-order chi connectivity index (χ0) is 13.4. The molecule has 1 heterocycles. The topological polar surface area (TPSA) is 67.9 Å². The molecular weight excluding hydrogens is 236 g/mol. The van der Waals surface area contributed by atoms with Crippen LogP contribution in [0.25, 0.3) is 0 Å². The maximum atomic E-state index is 12.0. The van der Waals surface area contributed by atoms with Crippen LogP contribution >= 0.6 is 0 Å². The van der Waals surface area contributed by atoms with Crippen LogP contribution in [-0.4, -0.2) is 62.8 Å². The highest BCUT2D eigenvalue weighted by atomic mass is 16.5. The van der Waals surface area contributed by atoms with Gasteiger partial charge < -0.3 is 19.7 Å². The third-order valence-corrected chi connectivity index (χ3v) is 2.93. The summed E-state index contributed by atoms with van der Waals surface area (Å²) < 4.78 is 10.1. The zero-order valence-electron chi connectivity index (χ0n) is 11.1. The standard InChI is InChI=1S/C12H22N2O4/c1-3-10-12(16)13-5-6-14(10)11(15)4-7-18-9-8-17-2/h10H,3-9H2,1-2H3,(H,13,16). The molecule has 6 heteroatoms. The van der Waals surface area contributed by atoms with Crippen LogP contribution < -0.4 is 5.32 Å². The van der Waals surface area contributed by atoms with E-state index < -0.39 is 0 Å². The van der Waals surface area contributed by atoms with Crippen molar-refractivity contribution < 1.29 is 19.1 Å². The lowest BCUT2D eigenvalue weighted by Crippen LogP contribution is -2.57. The second-order valence-electron chi connectivity index (χ2n) is 4.16. The van der Waals surface area contributed by atoms with Crippen molar-refractivity contribution in [2.24, 2.45) is 0 Å². The Bertz CT molecular complexity index is 283. The molecule has 0 saturated carbocycles. The maximum absolute atomic E-state index is 12.0. The van der Waals surface area contributed by atoms with Gasteiger partial charge >= 0.3 is 0 Å². The highest BCUT2D eigenvalue weighted by Gasteiger charge is 2.30. The smallest absolute Gasteiger partial charge is 0.242 e. The predicted octanol–water partition coefficient (Wildman–Crippen LogP) is -0.223. The molecule has 1 N–H and O–H groups in total. The molecule has 0 bridgehead atoms. The van der Waals surface area contributed by atoms with Crippen LogP contribution in [0.15, 0.2) is 0 Å². The minimum Gasteiger partial charge on any atom is -0.382 e. The number of hydrogen-bond acceptors (Lipinski definition) is 4. The van der Waals surface area contributed by atoms with Gasteiger partial charge in [0.15, 0.2) is 0 Å². The number of methoxy groups -OCH3 is 1. The number of carbonyl (C=O) groups excluding carboxylic acids is 2. The van der Waals surface area contributed by atoms with E-state index in [4.69, 9.17) is 9.47 Å². The molecule has 0 aromatic rings. The second-order valence-corrected chi connectivity index (χ2v) is 4.16. The van der Waals surface area contributed by atoms with Crippen molar-refractivity contribution in [3.63, 3.8) is 0 Å². The average Bonchev–Trinajstić information content (AvgIpc) is 2.38. The van der Waals surface area contributed by atoms with Crippen LogP contribution in [-0.2, 0) is 19.1 Å². The van der Waals surface area contributed by atoms with Crippen LogP contribution in [0.1, 0.15) is 19.8 Å². The fourth-order valence-corrected chi connectivity index (χ4v) is 1.97. The summed E-state index contributed by atoms with van der Waals surface area (Å²) in [5.74, 6) is -0.0773. The van der Waals surface area contributed by atoms with E-state index in [0.29, 0.717) is 45.8 Å². The maximum Gasteiger partial charge on any atom is 0.242 e. The summed E-state index contributed by atoms with van der Waals surface area (Å²) in [5, 5.41) is 2.77. The van der Waals surface area contributed by atoms with E-state index in [1.54, 1.807) is 12.0 Å². The Hall–Kier alpha value is -1.14. The summed E-state index contributed by atoms with van der Waals surface area (Å²) in [6, 6.07) is -0.328. The van der Waals surface area contributed by atoms with Gasteiger partial charge in [-0.3, -0.25) is 9.59 Å². The van der Waals surface area contributed by atoms with Crippen LogP contribution in [0, 0.1) is 0 Å². The van der Waals surface area contributed by atoms with E-state index >= 15 is 0 Å². The van der Waals surface area contributed by atoms with Crippen LogP contribution in [0.3, 0.4) is 0 Å². The number of amides is 2. The highest BCUT2D eigenvalue weighted by Crippen LogP contribution is 2.10. The first-order valence-electron chi connectivity index (χ1n) is 6.34. The number of carbonyl (C=O) groups is 2. The Kier molecular flexibility index (Phi) is 6.67. The Balaban J connectivity index is 2.32. The van der Waals surface area contributed by atoms with Gasteiger partial charge in [0.05, 0.1) is 26.2 Å². The third kappa shape index (κ3) is 4.27. The molecule has 1 aliphatic heterocycles. The van der Waals surface area contributed by atoms with Gasteiger partial charge in [-0.1, -0.05) is 6.92 Å². The van der Waals surface area contributed by atoms with Crippen molar-refractivity contribution in [2.75, 3.05) is 40.0 Å². The number of hydrogen-bond donors (Lipinski definition) is 1. The highest BCUT2D eigenvalue weighted by molar-refractivity contribution is 5.88. The van der Waals surface area contributed by atoms with Gasteiger partial charge in [0.1, 0.15) is 6.04 Å². The molecule has 6 nitrogen and oxygen atoms in total. The van der Waals surface area contributed by atoms with E-state index in [9.17, 15) is 9.59 Å². The van der Waals surface area contributed by atoms with Crippen molar-refractivity contribution in [3.05, 3.63) is 0 Å². The lowest BCUT2D eigenvalue weighted by molar-refractivity contribution is -0.144. The van der Waals surface area contributed by atoms with E-state index in [1.165, 1.54) is 0 Å². The Morgan fingerprint density at radius 2 is 2.22 bits per heavy atom. The van der Waals surface area contributed by atoms with E-state index in [1.807, 2.05) is 6.92 Å². The number of nitrogens with zero attached hydrogens (tertiary/aromatic N) is 1. The summed E-state index contributed by atoms with van der Waals surface area (Å²) in [7, 11) is 1.60. The average molecular weight is 258 g/mol. The third-order valence-electron chi connectivity index (χ3n) is 2.93. The fourth-order valence-electron chi connectivity index (χ4n) is 1.97. The van der Waals surface area contributed by atoms with Crippen molar-refractivity contribution >= 4 is 11.8 Å². The van der Waals surface area contributed by atoms with Gasteiger partial charge in [-0.15, -0.1) is 0 Å². The van der Waals surface area contributed by atoms with Gasteiger partial charge in [0, 0.05) is 20.2 Å². The van der Waals surface area contributed by atoms with Gasteiger partial charge in [-0.05, 0) is 6.42 Å². The molecular formula is C12H22N2O4. The zero-order valence-corrected chi connectivity index (χ0v) is 11.1. The van der Waals surface area contributed by atoms with Crippen LogP contribution in [0.5, 0.6) is 0 Å². The lowest BCUT2D eigenvalue weighted by atomic mass is 10.1. The summed E-state index contributed by atoms with van der Waals surface area (Å²) in [6.45, 7) is 4.41. The van der Waals surface area contributed by atoms with Crippen molar-refractivity contribution in [3.8, 4) is 0 Å². The lowest BCUT2D eigenvalue weighted by Gasteiger charge is -2.34. The van der Waals surface area contributed by atoms with Crippen molar-refractivity contribution in [1.82, 2.24) is 10.2 Å².